The number of benzene rings is 3. The Morgan fingerprint density at radius 1 is 0.744 bits per heavy atom. The lowest BCUT2D eigenvalue weighted by Crippen LogP contribution is -2.40. The lowest BCUT2D eigenvalue weighted by atomic mass is 10.1. The summed E-state index contributed by atoms with van der Waals surface area (Å²) >= 11 is 0. The highest BCUT2D eigenvalue weighted by atomic mass is 32.2. The Morgan fingerprint density at radius 3 is 1.85 bits per heavy atom. The van der Waals surface area contributed by atoms with E-state index in [0.29, 0.717) is 18.7 Å². The molecule has 39 heavy (non-hydrogen) atoms. The highest BCUT2D eigenvalue weighted by Gasteiger charge is 2.28. The number of sulfonamides is 2. The van der Waals surface area contributed by atoms with E-state index in [-0.39, 0.29) is 29.4 Å². The van der Waals surface area contributed by atoms with Crippen molar-refractivity contribution < 1.29 is 21.6 Å². The van der Waals surface area contributed by atoms with Crippen molar-refractivity contribution >= 4 is 26.0 Å². The van der Waals surface area contributed by atoms with Crippen molar-refractivity contribution in [3.63, 3.8) is 0 Å². The summed E-state index contributed by atoms with van der Waals surface area (Å²) in [6.07, 6.45) is 2.77. The molecule has 3 aromatic rings. The van der Waals surface area contributed by atoms with Crippen molar-refractivity contribution in [1.29, 1.82) is 0 Å². The van der Waals surface area contributed by atoms with Crippen LogP contribution < -0.4 is 5.32 Å². The molecule has 0 saturated carbocycles. The summed E-state index contributed by atoms with van der Waals surface area (Å²) in [6, 6.07) is 20.5. The van der Waals surface area contributed by atoms with E-state index in [4.69, 9.17) is 0 Å². The fourth-order valence-electron chi connectivity index (χ4n) is 4.43. The van der Waals surface area contributed by atoms with Crippen molar-refractivity contribution in [2.24, 2.45) is 0 Å². The van der Waals surface area contributed by atoms with Crippen molar-refractivity contribution in [2.75, 3.05) is 19.6 Å². The second-order valence-electron chi connectivity index (χ2n) is 9.96. The second kappa shape index (κ2) is 12.4. The number of carbonyl (C=O) groups excluding carboxylic acids is 1. The maximum Gasteiger partial charge on any atom is 0.243 e. The summed E-state index contributed by atoms with van der Waals surface area (Å²) in [4.78, 5) is 13.3. The van der Waals surface area contributed by atoms with Crippen LogP contribution in [-0.4, -0.2) is 51.0 Å². The maximum absolute atomic E-state index is 13.5. The molecule has 3 aromatic carbocycles. The molecule has 1 aliphatic rings. The standard InChI is InChI=1S/C29H35N3O5S2/c1-23-6-10-26(11-7-23)21-32(39(36,37)27-14-8-24(2)9-15-27)22-29(33)30-20-25-12-16-28(17-13-25)38(34,35)31-18-4-3-5-19-31/h6-17H,3-5,18-22H2,1-2H3,(H,30,33). The molecule has 8 nitrogen and oxygen atoms in total. The number of aryl methyl sites for hydroxylation is 2. The zero-order valence-electron chi connectivity index (χ0n) is 22.3. The molecule has 1 amide bonds. The number of nitrogens with zero attached hydrogens (tertiary/aromatic N) is 2. The third kappa shape index (κ3) is 7.33. The van der Waals surface area contributed by atoms with Crippen LogP contribution in [0.25, 0.3) is 0 Å². The topological polar surface area (TPSA) is 104 Å². The Hall–Kier alpha value is -3.05. The quantitative estimate of drug-likeness (QED) is 0.398. The second-order valence-corrected chi connectivity index (χ2v) is 13.8. The number of amides is 1. The Balaban J connectivity index is 1.44. The van der Waals surface area contributed by atoms with Crippen molar-refractivity contribution in [3.8, 4) is 0 Å². The molecule has 0 unspecified atom stereocenters. The van der Waals surface area contributed by atoms with Crippen LogP contribution in [0.15, 0.2) is 82.6 Å². The van der Waals surface area contributed by atoms with Crippen LogP contribution in [0.2, 0.25) is 0 Å². The molecule has 0 aliphatic carbocycles. The number of hydrogen-bond donors (Lipinski definition) is 1. The van der Waals surface area contributed by atoms with Crippen LogP contribution in [-0.2, 0) is 37.9 Å². The summed E-state index contributed by atoms with van der Waals surface area (Å²) < 4.78 is 55.4. The van der Waals surface area contributed by atoms with E-state index in [9.17, 15) is 21.6 Å². The van der Waals surface area contributed by atoms with Crippen LogP contribution in [0.1, 0.15) is 41.5 Å². The van der Waals surface area contributed by atoms with Gasteiger partial charge in [0.2, 0.25) is 26.0 Å². The average Bonchev–Trinajstić information content (AvgIpc) is 2.93. The van der Waals surface area contributed by atoms with Gasteiger partial charge in [0.25, 0.3) is 0 Å². The fourth-order valence-corrected chi connectivity index (χ4v) is 7.33. The monoisotopic (exact) mass is 569 g/mol. The van der Waals surface area contributed by atoms with Crippen molar-refractivity contribution in [1.82, 2.24) is 13.9 Å². The Bertz CT molecular complexity index is 1480. The molecule has 208 valence electrons. The van der Waals surface area contributed by atoms with E-state index < -0.39 is 26.0 Å². The van der Waals surface area contributed by atoms with Crippen LogP contribution in [0, 0.1) is 13.8 Å². The Morgan fingerprint density at radius 2 is 1.26 bits per heavy atom. The first-order valence-corrected chi connectivity index (χ1v) is 15.9. The van der Waals surface area contributed by atoms with Gasteiger partial charge in [-0.25, -0.2) is 16.8 Å². The van der Waals surface area contributed by atoms with E-state index in [0.717, 1.165) is 36.0 Å². The molecule has 0 atom stereocenters. The normalized spacial score (nSPS) is 14.8. The van der Waals surface area contributed by atoms with Gasteiger partial charge in [0.05, 0.1) is 16.3 Å². The van der Waals surface area contributed by atoms with E-state index in [1.165, 1.54) is 8.61 Å². The third-order valence-corrected chi connectivity index (χ3v) is 10.5. The molecule has 1 N–H and O–H groups in total. The Labute approximate surface area is 231 Å². The van der Waals surface area contributed by atoms with Crippen LogP contribution in [0.5, 0.6) is 0 Å². The van der Waals surface area contributed by atoms with Gasteiger partial charge in [-0.05, 0) is 62.1 Å². The van der Waals surface area contributed by atoms with Gasteiger partial charge in [0.15, 0.2) is 0 Å². The maximum atomic E-state index is 13.5. The first-order valence-electron chi connectivity index (χ1n) is 13.0. The molecule has 1 aliphatic heterocycles. The molecule has 1 saturated heterocycles. The summed E-state index contributed by atoms with van der Waals surface area (Å²) in [6.45, 7) is 4.73. The number of hydrogen-bond acceptors (Lipinski definition) is 5. The average molecular weight is 570 g/mol. The van der Waals surface area contributed by atoms with Gasteiger partial charge >= 0.3 is 0 Å². The Kier molecular flexibility index (Phi) is 9.22. The fraction of sp³-hybridized carbons (Fsp3) is 0.345. The first kappa shape index (κ1) is 28.9. The summed E-state index contributed by atoms with van der Waals surface area (Å²) in [5.74, 6) is -0.456. The minimum atomic E-state index is -3.94. The van der Waals surface area contributed by atoms with Crippen LogP contribution in [0.3, 0.4) is 0 Å². The minimum absolute atomic E-state index is 0.0486. The highest BCUT2D eigenvalue weighted by molar-refractivity contribution is 7.89. The van der Waals surface area contributed by atoms with Gasteiger partial charge in [0.1, 0.15) is 0 Å². The van der Waals surface area contributed by atoms with E-state index in [2.05, 4.69) is 5.32 Å². The zero-order valence-corrected chi connectivity index (χ0v) is 24.0. The van der Waals surface area contributed by atoms with Gasteiger partial charge < -0.3 is 5.32 Å². The van der Waals surface area contributed by atoms with Crippen molar-refractivity contribution in [2.45, 2.75) is 56.0 Å². The highest BCUT2D eigenvalue weighted by Crippen LogP contribution is 2.22. The lowest BCUT2D eigenvalue weighted by molar-refractivity contribution is -0.121. The predicted molar refractivity (Wildman–Crippen MR) is 151 cm³/mol. The molecule has 4 rings (SSSR count). The van der Waals surface area contributed by atoms with Gasteiger partial charge in [-0.15, -0.1) is 0 Å². The molecular formula is C29H35N3O5S2. The molecule has 0 aromatic heterocycles. The van der Waals surface area contributed by atoms with Gasteiger partial charge in [-0.2, -0.15) is 8.61 Å². The van der Waals surface area contributed by atoms with Gasteiger partial charge in [-0.1, -0.05) is 66.1 Å². The molecule has 0 spiro atoms. The molecule has 10 heteroatoms. The number of carbonyl (C=O) groups is 1. The van der Waals surface area contributed by atoms with E-state index in [1.54, 1.807) is 48.5 Å². The smallest absolute Gasteiger partial charge is 0.243 e. The minimum Gasteiger partial charge on any atom is -0.351 e. The molecule has 1 fully saturated rings. The molecule has 0 bridgehead atoms. The number of rotatable bonds is 10. The van der Waals surface area contributed by atoms with Crippen LogP contribution >= 0.6 is 0 Å². The summed E-state index contributed by atoms with van der Waals surface area (Å²) in [5.41, 5.74) is 3.48. The first-order chi connectivity index (χ1) is 18.6. The predicted octanol–water partition coefficient (Wildman–Crippen LogP) is 3.99. The third-order valence-electron chi connectivity index (χ3n) is 6.82. The van der Waals surface area contributed by atoms with E-state index in [1.807, 2.05) is 38.1 Å². The lowest BCUT2D eigenvalue weighted by Gasteiger charge is -2.25. The number of piperidine rings is 1. The molecule has 1 heterocycles. The molecule has 0 radical (unpaired) electrons. The van der Waals surface area contributed by atoms with Crippen molar-refractivity contribution in [3.05, 3.63) is 95.1 Å². The van der Waals surface area contributed by atoms with Gasteiger partial charge in [0, 0.05) is 26.2 Å². The summed E-state index contributed by atoms with van der Waals surface area (Å²) in [5, 5.41) is 2.77. The summed E-state index contributed by atoms with van der Waals surface area (Å²) in [7, 11) is -7.47. The van der Waals surface area contributed by atoms with Gasteiger partial charge in [-0.3, -0.25) is 4.79 Å². The largest absolute Gasteiger partial charge is 0.351 e. The number of nitrogens with one attached hydrogen (secondary N) is 1. The van der Waals surface area contributed by atoms with Crippen LogP contribution in [0.4, 0.5) is 0 Å². The van der Waals surface area contributed by atoms with E-state index >= 15 is 0 Å². The SMILES string of the molecule is Cc1ccc(CN(CC(=O)NCc2ccc(S(=O)(=O)N3CCCCC3)cc2)S(=O)(=O)c2ccc(C)cc2)cc1. The zero-order chi connectivity index (χ0) is 28.0. The molecular weight excluding hydrogens is 534 g/mol.